The van der Waals surface area contributed by atoms with Crippen LogP contribution in [0.1, 0.15) is 11.7 Å². The normalized spacial score (nSPS) is 12.1. The Morgan fingerprint density at radius 1 is 1.37 bits per heavy atom. The van der Waals surface area contributed by atoms with Crippen molar-refractivity contribution in [2.75, 3.05) is 18.6 Å². The van der Waals surface area contributed by atoms with E-state index in [0.29, 0.717) is 11.6 Å². The van der Waals surface area contributed by atoms with Gasteiger partial charge in [0.1, 0.15) is 11.6 Å². The van der Waals surface area contributed by atoms with Crippen LogP contribution >= 0.6 is 11.8 Å². The van der Waals surface area contributed by atoms with Gasteiger partial charge in [-0.05, 0) is 29.8 Å². The first kappa shape index (κ1) is 13.7. The molecule has 3 N–H and O–H groups in total. The van der Waals surface area contributed by atoms with Crippen LogP contribution < -0.4 is 10.5 Å². The number of methoxy groups -OCH3 is 1. The second-order valence-electron chi connectivity index (χ2n) is 4.02. The Kier molecular flexibility index (Phi) is 4.65. The lowest BCUT2D eigenvalue weighted by Crippen LogP contribution is -2.01. The zero-order chi connectivity index (χ0) is 13.7. The molecule has 0 amide bonds. The smallest absolute Gasteiger partial charge is 0.123 e. The van der Waals surface area contributed by atoms with E-state index in [2.05, 4.69) is 4.98 Å². The largest absolute Gasteiger partial charge is 0.497 e. The van der Waals surface area contributed by atoms with E-state index in [1.807, 2.05) is 30.3 Å². The van der Waals surface area contributed by atoms with Crippen LogP contribution in [0.4, 0.5) is 5.82 Å². The van der Waals surface area contributed by atoms with Crippen LogP contribution in [-0.4, -0.2) is 23.0 Å². The topological polar surface area (TPSA) is 68.4 Å². The maximum absolute atomic E-state index is 10.1. The summed E-state index contributed by atoms with van der Waals surface area (Å²) in [5.74, 6) is 1.80. The van der Waals surface area contributed by atoms with Crippen LogP contribution in [0.25, 0.3) is 0 Å². The highest BCUT2D eigenvalue weighted by Crippen LogP contribution is 2.26. The van der Waals surface area contributed by atoms with Crippen LogP contribution in [-0.2, 0) is 0 Å². The molecule has 1 aromatic heterocycles. The van der Waals surface area contributed by atoms with E-state index in [9.17, 15) is 5.11 Å². The summed E-state index contributed by atoms with van der Waals surface area (Å²) in [6.45, 7) is 0. The first-order valence-corrected chi connectivity index (χ1v) is 6.84. The Bertz CT molecular complexity index is 531. The SMILES string of the molecule is COc1cccc(C(O)CSc2ccc(N)nc2)c1. The molecule has 0 radical (unpaired) electrons. The van der Waals surface area contributed by atoms with Crippen LogP contribution in [0.2, 0.25) is 0 Å². The van der Waals surface area contributed by atoms with Crippen molar-refractivity contribution in [3.05, 3.63) is 48.2 Å². The summed E-state index contributed by atoms with van der Waals surface area (Å²) < 4.78 is 5.14. The fraction of sp³-hybridized carbons (Fsp3) is 0.214. The third-order valence-corrected chi connectivity index (χ3v) is 3.70. The fourth-order valence-corrected chi connectivity index (χ4v) is 2.43. The summed E-state index contributed by atoms with van der Waals surface area (Å²) in [5, 5.41) is 10.1. The molecule has 19 heavy (non-hydrogen) atoms. The molecular formula is C14H16N2O2S. The number of nitrogens with two attached hydrogens (primary N) is 1. The lowest BCUT2D eigenvalue weighted by atomic mass is 10.1. The van der Waals surface area contributed by atoms with Gasteiger partial charge in [-0.2, -0.15) is 0 Å². The van der Waals surface area contributed by atoms with Gasteiger partial charge in [-0.25, -0.2) is 4.98 Å². The van der Waals surface area contributed by atoms with Crippen LogP contribution in [0.15, 0.2) is 47.5 Å². The van der Waals surface area contributed by atoms with Crippen molar-refractivity contribution in [3.8, 4) is 5.75 Å². The molecule has 5 heteroatoms. The predicted molar refractivity (Wildman–Crippen MR) is 77.3 cm³/mol. The number of benzene rings is 1. The number of aliphatic hydroxyl groups excluding tert-OH is 1. The highest BCUT2D eigenvalue weighted by Gasteiger charge is 2.09. The zero-order valence-electron chi connectivity index (χ0n) is 10.6. The molecule has 0 saturated heterocycles. The molecule has 0 bridgehead atoms. The first-order chi connectivity index (χ1) is 9.19. The Labute approximate surface area is 116 Å². The highest BCUT2D eigenvalue weighted by molar-refractivity contribution is 7.99. The fourth-order valence-electron chi connectivity index (χ4n) is 1.60. The van der Waals surface area contributed by atoms with Crippen molar-refractivity contribution in [1.29, 1.82) is 0 Å². The minimum atomic E-state index is -0.544. The number of pyridine rings is 1. The van der Waals surface area contributed by atoms with Gasteiger partial charge in [0.25, 0.3) is 0 Å². The molecule has 4 nitrogen and oxygen atoms in total. The van der Waals surface area contributed by atoms with Crippen LogP contribution in [0.3, 0.4) is 0 Å². The molecular weight excluding hydrogens is 260 g/mol. The average molecular weight is 276 g/mol. The molecule has 2 aromatic rings. The minimum Gasteiger partial charge on any atom is -0.497 e. The van der Waals surface area contributed by atoms with E-state index in [4.69, 9.17) is 10.5 Å². The van der Waals surface area contributed by atoms with Gasteiger partial charge in [-0.1, -0.05) is 12.1 Å². The molecule has 0 spiro atoms. The monoisotopic (exact) mass is 276 g/mol. The maximum atomic E-state index is 10.1. The van der Waals surface area contributed by atoms with Crippen LogP contribution in [0, 0.1) is 0 Å². The van der Waals surface area contributed by atoms with Gasteiger partial charge in [0.2, 0.25) is 0 Å². The Morgan fingerprint density at radius 2 is 2.21 bits per heavy atom. The third kappa shape index (κ3) is 3.87. The molecule has 0 aliphatic heterocycles. The maximum Gasteiger partial charge on any atom is 0.123 e. The molecule has 100 valence electrons. The van der Waals surface area contributed by atoms with E-state index < -0.39 is 6.10 Å². The van der Waals surface area contributed by atoms with E-state index in [-0.39, 0.29) is 0 Å². The Balaban J connectivity index is 1.96. The minimum absolute atomic E-state index is 0.498. The van der Waals surface area contributed by atoms with Gasteiger partial charge in [0.05, 0.1) is 13.2 Å². The van der Waals surface area contributed by atoms with E-state index in [1.54, 1.807) is 19.4 Å². The summed E-state index contributed by atoms with van der Waals surface area (Å²) in [6, 6.07) is 11.1. The predicted octanol–water partition coefficient (Wildman–Crippen LogP) is 2.50. The number of hydrogen-bond acceptors (Lipinski definition) is 5. The molecule has 1 unspecified atom stereocenters. The van der Waals surface area contributed by atoms with Gasteiger partial charge in [0, 0.05) is 16.8 Å². The van der Waals surface area contributed by atoms with Crippen molar-refractivity contribution in [2.24, 2.45) is 0 Å². The zero-order valence-corrected chi connectivity index (χ0v) is 11.4. The van der Waals surface area contributed by atoms with Crippen molar-refractivity contribution in [1.82, 2.24) is 4.98 Å². The van der Waals surface area contributed by atoms with Gasteiger partial charge in [-0.3, -0.25) is 0 Å². The summed E-state index contributed by atoms with van der Waals surface area (Å²) in [6.07, 6.45) is 1.16. The Morgan fingerprint density at radius 3 is 2.89 bits per heavy atom. The number of ether oxygens (including phenoxy) is 1. The second kappa shape index (κ2) is 6.45. The molecule has 0 aliphatic rings. The highest BCUT2D eigenvalue weighted by atomic mass is 32.2. The summed E-state index contributed by atoms with van der Waals surface area (Å²) in [5.41, 5.74) is 6.36. The number of nitrogens with zero attached hydrogens (tertiary/aromatic N) is 1. The Hall–Kier alpha value is -1.72. The standard InChI is InChI=1S/C14H16N2O2S/c1-18-11-4-2-3-10(7-11)13(17)9-19-12-5-6-14(15)16-8-12/h2-8,13,17H,9H2,1H3,(H2,15,16). The third-order valence-electron chi connectivity index (χ3n) is 2.65. The van der Waals surface area contributed by atoms with Crippen LogP contribution in [0.5, 0.6) is 5.75 Å². The van der Waals surface area contributed by atoms with Crippen molar-refractivity contribution in [3.63, 3.8) is 0 Å². The lowest BCUT2D eigenvalue weighted by Gasteiger charge is -2.11. The molecule has 1 aromatic carbocycles. The summed E-state index contributed by atoms with van der Waals surface area (Å²) in [4.78, 5) is 5.00. The van der Waals surface area contributed by atoms with Gasteiger partial charge in [-0.15, -0.1) is 11.8 Å². The first-order valence-electron chi connectivity index (χ1n) is 5.85. The molecule has 0 aliphatic carbocycles. The van der Waals surface area contributed by atoms with E-state index >= 15 is 0 Å². The second-order valence-corrected chi connectivity index (χ2v) is 5.12. The quantitative estimate of drug-likeness (QED) is 0.821. The number of hydrogen-bond donors (Lipinski definition) is 2. The number of aromatic nitrogens is 1. The molecule has 1 heterocycles. The molecule has 1 atom stereocenters. The summed E-state index contributed by atoms with van der Waals surface area (Å²) in [7, 11) is 1.61. The van der Waals surface area contributed by atoms with Gasteiger partial charge in [0.15, 0.2) is 0 Å². The van der Waals surface area contributed by atoms with E-state index in [1.165, 1.54) is 11.8 Å². The number of nitrogen functional groups attached to an aromatic ring is 1. The molecule has 2 rings (SSSR count). The molecule has 0 saturated carbocycles. The van der Waals surface area contributed by atoms with Gasteiger partial charge >= 0.3 is 0 Å². The number of aliphatic hydroxyl groups is 1. The van der Waals surface area contributed by atoms with Crippen molar-refractivity contribution in [2.45, 2.75) is 11.0 Å². The lowest BCUT2D eigenvalue weighted by molar-refractivity contribution is 0.203. The van der Waals surface area contributed by atoms with Crippen molar-refractivity contribution >= 4 is 17.6 Å². The van der Waals surface area contributed by atoms with Crippen molar-refractivity contribution < 1.29 is 9.84 Å². The number of thioether (sulfide) groups is 1. The summed E-state index contributed by atoms with van der Waals surface area (Å²) >= 11 is 1.54. The number of rotatable bonds is 5. The van der Waals surface area contributed by atoms with E-state index in [0.717, 1.165) is 16.2 Å². The average Bonchev–Trinajstić information content (AvgIpc) is 2.46. The number of anilines is 1. The van der Waals surface area contributed by atoms with Gasteiger partial charge < -0.3 is 15.6 Å². The molecule has 0 fully saturated rings.